The molecule has 1 amide bonds. The second-order valence-electron chi connectivity index (χ2n) is 2.93. The minimum absolute atomic E-state index is 0.0152. The summed E-state index contributed by atoms with van der Waals surface area (Å²) in [7, 11) is 0. The lowest BCUT2D eigenvalue weighted by molar-refractivity contribution is -0.124. The van der Waals surface area contributed by atoms with Gasteiger partial charge in [-0.05, 0) is 12.8 Å². The molecule has 0 saturated carbocycles. The number of hydroxylamine groups is 2. The Balaban J connectivity index is 2.22. The Morgan fingerprint density at radius 3 is 2.55 bits per heavy atom. The third-order valence-corrected chi connectivity index (χ3v) is 1.88. The molecular formula is C7H14N2O2. The van der Waals surface area contributed by atoms with Gasteiger partial charge in [-0.15, -0.1) is 0 Å². The van der Waals surface area contributed by atoms with Crippen LogP contribution >= 0.6 is 0 Å². The SMILES string of the molecule is CC(=O)NC1CCN(O)CC1. The van der Waals surface area contributed by atoms with E-state index < -0.39 is 0 Å². The van der Waals surface area contributed by atoms with Gasteiger partial charge in [0, 0.05) is 26.1 Å². The Hall–Kier alpha value is -0.610. The third kappa shape index (κ3) is 2.86. The zero-order valence-electron chi connectivity index (χ0n) is 6.71. The maximum Gasteiger partial charge on any atom is 0.217 e. The van der Waals surface area contributed by atoms with Crippen molar-refractivity contribution in [2.45, 2.75) is 25.8 Å². The average Bonchev–Trinajstić information content (AvgIpc) is 1.93. The highest BCUT2D eigenvalue weighted by atomic mass is 16.5. The number of carbonyl (C=O) groups excluding carboxylic acids is 1. The lowest BCUT2D eigenvalue weighted by Crippen LogP contribution is -2.42. The number of nitrogens with one attached hydrogen (secondary N) is 1. The first-order valence-corrected chi connectivity index (χ1v) is 3.89. The van der Waals surface area contributed by atoms with Crippen LogP contribution in [0.3, 0.4) is 0 Å². The molecule has 0 aromatic carbocycles. The molecule has 0 aromatic rings. The van der Waals surface area contributed by atoms with E-state index in [1.807, 2.05) is 0 Å². The quantitative estimate of drug-likeness (QED) is 0.563. The highest BCUT2D eigenvalue weighted by molar-refractivity contribution is 5.73. The summed E-state index contributed by atoms with van der Waals surface area (Å²) in [5, 5.41) is 13.1. The molecule has 1 saturated heterocycles. The second kappa shape index (κ2) is 3.69. The van der Waals surface area contributed by atoms with Crippen LogP contribution in [0.4, 0.5) is 0 Å². The van der Waals surface area contributed by atoms with Crippen LogP contribution in [0, 0.1) is 0 Å². The minimum Gasteiger partial charge on any atom is -0.354 e. The van der Waals surface area contributed by atoms with Gasteiger partial charge in [0.15, 0.2) is 0 Å². The molecule has 0 unspecified atom stereocenters. The first-order valence-electron chi connectivity index (χ1n) is 3.89. The molecule has 1 aliphatic rings. The van der Waals surface area contributed by atoms with Gasteiger partial charge in [0.1, 0.15) is 0 Å². The predicted molar refractivity (Wildman–Crippen MR) is 40.2 cm³/mol. The Morgan fingerprint density at radius 1 is 1.55 bits per heavy atom. The van der Waals surface area contributed by atoms with Gasteiger partial charge in [0.05, 0.1) is 0 Å². The van der Waals surface area contributed by atoms with Gasteiger partial charge in [-0.25, -0.2) is 0 Å². The first-order chi connectivity index (χ1) is 5.18. The van der Waals surface area contributed by atoms with Crippen molar-refractivity contribution in [1.29, 1.82) is 0 Å². The van der Waals surface area contributed by atoms with Crippen molar-refractivity contribution >= 4 is 5.91 Å². The maximum absolute atomic E-state index is 10.6. The standard InChI is InChI=1S/C7H14N2O2/c1-6(10)8-7-2-4-9(11)5-3-7/h7,11H,2-5H2,1H3,(H,8,10). The highest BCUT2D eigenvalue weighted by Crippen LogP contribution is 2.07. The molecular weight excluding hydrogens is 144 g/mol. The summed E-state index contributed by atoms with van der Waals surface area (Å²) in [4.78, 5) is 10.6. The smallest absolute Gasteiger partial charge is 0.217 e. The molecule has 0 spiro atoms. The largest absolute Gasteiger partial charge is 0.354 e. The summed E-state index contributed by atoms with van der Waals surface area (Å²) >= 11 is 0. The van der Waals surface area contributed by atoms with Crippen molar-refractivity contribution in [3.8, 4) is 0 Å². The molecule has 1 rings (SSSR count). The van der Waals surface area contributed by atoms with Crippen LogP contribution in [0.15, 0.2) is 0 Å². The summed E-state index contributed by atoms with van der Waals surface area (Å²) in [6.07, 6.45) is 1.69. The van der Waals surface area contributed by atoms with E-state index in [-0.39, 0.29) is 11.9 Å². The summed E-state index contributed by atoms with van der Waals surface area (Å²) in [6, 6.07) is 0.260. The van der Waals surface area contributed by atoms with E-state index in [2.05, 4.69) is 5.32 Å². The molecule has 0 aliphatic carbocycles. The normalized spacial score (nSPS) is 21.6. The van der Waals surface area contributed by atoms with E-state index >= 15 is 0 Å². The fourth-order valence-electron chi connectivity index (χ4n) is 1.30. The van der Waals surface area contributed by atoms with Crippen LogP contribution in [-0.2, 0) is 4.79 Å². The number of hydrogen-bond acceptors (Lipinski definition) is 3. The Kier molecular flexibility index (Phi) is 2.84. The van der Waals surface area contributed by atoms with Crippen molar-refractivity contribution in [3.05, 3.63) is 0 Å². The lowest BCUT2D eigenvalue weighted by Gasteiger charge is -2.27. The van der Waals surface area contributed by atoms with Gasteiger partial charge in [0.25, 0.3) is 0 Å². The van der Waals surface area contributed by atoms with E-state index in [0.717, 1.165) is 12.8 Å². The molecule has 11 heavy (non-hydrogen) atoms. The number of nitrogens with zero attached hydrogens (tertiary/aromatic N) is 1. The molecule has 1 heterocycles. The van der Waals surface area contributed by atoms with Gasteiger partial charge >= 0.3 is 0 Å². The molecule has 1 fully saturated rings. The van der Waals surface area contributed by atoms with E-state index in [4.69, 9.17) is 5.21 Å². The molecule has 1 aliphatic heterocycles. The number of carbonyl (C=O) groups is 1. The number of hydrogen-bond donors (Lipinski definition) is 2. The van der Waals surface area contributed by atoms with Gasteiger partial charge in [0.2, 0.25) is 5.91 Å². The molecule has 0 atom stereocenters. The highest BCUT2D eigenvalue weighted by Gasteiger charge is 2.17. The van der Waals surface area contributed by atoms with Crippen LogP contribution in [-0.4, -0.2) is 35.3 Å². The molecule has 4 heteroatoms. The van der Waals surface area contributed by atoms with E-state index in [0.29, 0.717) is 13.1 Å². The Bertz CT molecular complexity index is 141. The number of piperidine rings is 1. The Morgan fingerprint density at radius 2 is 2.09 bits per heavy atom. The molecule has 64 valence electrons. The summed E-state index contributed by atoms with van der Waals surface area (Å²) in [6.45, 7) is 2.83. The van der Waals surface area contributed by atoms with Crippen LogP contribution in [0.25, 0.3) is 0 Å². The fourth-order valence-corrected chi connectivity index (χ4v) is 1.30. The third-order valence-electron chi connectivity index (χ3n) is 1.88. The summed E-state index contributed by atoms with van der Waals surface area (Å²) in [5.74, 6) is 0.0152. The molecule has 0 radical (unpaired) electrons. The lowest BCUT2D eigenvalue weighted by atomic mass is 10.1. The van der Waals surface area contributed by atoms with Gasteiger partial charge < -0.3 is 10.5 Å². The molecule has 4 nitrogen and oxygen atoms in total. The Labute approximate surface area is 66.1 Å². The minimum atomic E-state index is 0.0152. The van der Waals surface area contributed by atoms with E-state index in [9.17, 15) is 4.79 Å². The van der Waals surface area contributed by atoms with Crippen LogP contribution in [0.2, 0.25) is 0 Å². The molecule has 0 aromatic heterocycles. The maximum atomic E-state index is 10.6. The molecule has 2 N–H and O–H groups in total. The van der Waals surface area contributed by atoms with Crippen LogP contribution < -0.4 is 5.32 Å². The zero-order valence-corrected chi connectivity index (χ0v) is 6.71. The fraction of sp³-hybridized carbons (Fsp3) is 0.857. The van der Waals surface area contributed by atoms with E-state index in [1.54, 1.807) is 0 Å². The van der Waals surface area contributed by atoms with Crippen molar-refractivity contribution in [2.75, 3.05) is 13.1 Å². The number of amides is 1. The van der Waals surface area contributed by atoms with Crippen molar-refractivity contribution in [3.63, 3.8) is 0 Å². The molecule has 0 bridgehead atoms. The van der Waals surface area contributed by atoms with Gasteiger partial charge in [-0.1, -0.05) is 0 Å². The predicted octanol–water partition coefficient (Wildman–Crippen LogP) is -0.0239. The average molecular weight is 158 g/mol. The topological polar surface area (TPSA) is 52.6 Å². The van der Waals surface area contributed by atoms with Gasteiger partial charge in [-0.2, -0.15) is 5.06 Å². The van der Waals surface area contributed by atoms with Crippen molar-refractivity contribution in [1.82, 2.24) is 10.4 Å². The van der Waals surface area contributed by atoms with Crippen molar-refractivity contribution < 1.29 is 10.0 Å². The zero-order chi connectivity index (χ0) is 8.27. The summed E-state index contributed by atoms with van der Waals surface area (Å²) < 4.78 is 0. The van der Waals surface area contributed by atoms with E-state index in [1.165, 1.54) is 12.0 Å². The van der Waals surface area contributed by atoms with Crippen LogP contribution in [0.1, 0.15) is 19.8 Å². The van der Waals surface area contributed by atoms with Crippen molar-refractivity contribution in [2.24, 2.45) is 0 Å². The summed E-state index contributed by atoms with van der Waals surface area (Å²) in [5.41, 5.74) is 0. The monoisotopic (exact) mass is 158 g/mol. The van der Waals surface area contributed by atoms with Gasteiger partial charge in [-0.3, -0.25) is 4.79 Å². The van der Waals surface area contributed by atoms with Crippen LogP contribution in [0.5, 0.6) is 0 Å². The number of rotatable bonds is 1. The second-order valence-corrected chi connectivity index (χ2v) is 2.93. The first kappa shape index (κ1) is 8.49.